The largest absolute Gasteiger partial charge is 0.494 e. The Hall–Kier alpha value is -1.79. The standard InChI is InChI=1S/C23H35N3O3/c1-19-4-2-11-25(16-19)12-3-15-28-21-7-5-20(6-8-21)26-13-9-23(10-14-26)18-24-22(27)17-29-23/h5-8,19H,2-4,9-18H2,1H3,(H,24,27)/t19-/m0/s1. The predicted molar refractivity (Wildman–Crippen MR) is 115 cm³/mol. The van der Waals surface area contributed by atoms with Crippen LogP contribution in [0.4, 0.5) is 5.69 Å². The van der Waals surface area contributed by atoms with E-state index < -0.39 is 0 Å². The summed E-state index contributed by atoms with van der Waals surface area (Å²) >= 11 is 0. The van der Waals surface area contributed by atoms with E-state index in [2.05, 4.69) is 46.3 Å². The molecule has 3 aliphatic rings. The molecule has 0 aromatic heterocycles. The highest BCUT2D eigenvalue weighted by atomic mass is 16.5. The number of anilines is 1. The van der Waals surface area contributed by atoms with Gasteiger partial charge in [0.1, 0.15) is 12.4 Å². The zero-order valence-corrected chi connectivity index (χ0v) is 17.7. The molecule has 1 aromatic carbocycles. The number of piperidine rings is 2. The molecule has 0 aliphatic carbocycles. The number of morpholine rings is 1. The van der Waals surface area contributed by atoms with Crippen molar-refractivity contribution in [3.63, 3.8) is 0 Å². The maximum Gasteiger partial charge on any atom is 0.246 e. The van der Waals surface area contributed by atoms with Crippen LogP contribution in [0.2, 0.25) is 0 Å². The minimum atomic E-state index is -0.167. The van der Waals surface area contributed by atoms with Gasteiger partial charge in [-0.1, -0.05) is 6.92 Å². The summed E-state index contributed by atoms with van der Waals surface area (Å²) in [6, 6.07) is 8.48. The van der Waals surface area contributed by atoms with Crippen LogP contribution < -0.4 is 15.0 Å². The first kappa shape index (κ1) is 20.5. The molecular formula is C23H35N3O3. The number of carbonyl (C=O) groups is 1. The minimum absolute atomic E-state index is 0.000805. The summed E-state index contributed by atoms with van der Waals surface area (Å²) in [4.78, 5) is 16.3. The third-order valence-electron chi connectivity index (χ3n) is 6.62. The van der Waals surface area contributed by atoms with E-state index in [1.54, 1.807) is 0 Å². The number of amides is 1. The fourth-order valence-corrected chi connectivity index (χ4v) is 4.80. The molecular weight excluding hydrogens is 366 g/mol. The Morgan fingerprint density at radius 2 is 2.00 bits per heavy atom. The number of carbonyl (C=O) groups excluding carboxylic acids is 1. The van der Waals surface area contributed by atoms with Crippen LogP contribution in [0.5, 0.6) is 5.75 Å². The maximum atomic E-state index is 11.3. The molecule has 0 radical (unpaired) electrons. The van der Waals surface area contributed by atoms with Crippen LogP contribution >= 0.6 is 0 Å². The molecule has 1 aromatic rings. The van der Waals surface area contributed by atoms with E-state index >= 15 is 0 Å². The van der Waals surface area contributed by atoms with Crippen molar-refractivity contribution >= 4 is 11.6 Å². The van der Waals surface area contributed by atoms with Crippen LogP contribution in [0.25, 0.3) is 0 Å². The van der Waals surface area contributed by atoms with Gasteiger partial charge in [-0.3, -0.25) is 4.79 Å². The van der Waals surface area contributed by atoms with Crippen LogP contribution in [0.15, 0.2) is 24.3 Å². The van der Waals surface area contributed by atoms with Crippen LogP contribution in [-0.4, -0.2) is 68.9 Å². The van der Waals surface area contributed by atoms with Crippen molar-refractivity contribution in [3.8, 4) is 5.75 Å². The number of rotatable bonds is 6. The summed E-state index contributed by atoms with van der Waals surface area (Å²) in [5.74, 6) is 1.79. The summed E-state index contributed by atoms with van der Waals surface area (Å²) in [5.41, 5.74) is 1.06. The minimum Gasteiger partial charge on any atom is -0.494 e. The van der Waals surface area contributed by atoms with Gasteiger partial charge in [0, 0.05) is 38.4 Å². The lowest BCUT2D eigenvalue weighted by atomic mass is 9.89. The fourth-order valence-electron chi connectivity index (χ4n) is 4.80. The van der Waals surface area contributed by atoms with Crippen molar-refractivity contribution in [1.82, 2.24) is 10.2 Å². The Morgan fingerprint density at radius 3 is 2.69 bits per heavy atom. The lowest BCUT2D eigenvalue weighted by molar-refractivity contribution is -0.146. The van der Waals surface area contributed by atoms with Crippen LogP contribution in [-0.2, 0) is 9.53 Å². The van der Waals surface area contributed by atoms with E-state index in [-0.39, 0.29) is 18.1 Å². The third kappa shape index (κ3) is 5.43. The van der Waals surface area contributed by atoms with E-state index in [9.17, 15) is 4.79 Å². The average Bonchev–Trinajstić information content (AvgIpc) is 2.75. The van der Waals surface area contributed by atoms with Crippen molar-refractivity contribution < 1.29 is 14.3 Å². The highest BCUT2D eigenvalue weighted by Crippen LogP contribution is 2.31. The first-order chi connectivity index (χ1) is 14.1. The van der Waals surface area contributed by atoms with Crippen molar-refractivity contribution in [2.75, 3.05) is 57.4 Å². The molecule has 1 N–H and O–H groups in total. The predicted octanol–water partition coefficient (Wildman–Crippen LogP) is 2.67. The van der Waals surface area contributed by atoms with Crippen molar-refractivity contribution in [1.29, 1.82) is 0 Å². The van der Waals surface area contributed by atoms with Crippen molar-refractivity contribution in [2.24, 2.45) is 5.92 Å². The van der Waals surface area contributed by atoms with Crippen LogP contribution in [0.1, 0.15) is 39.0 Å². The molecule has 1 spiro atoms. The van der Waals surface area contributed by atoms with Gasteiger partial charge >= 0.3 is 0 Å². The van der Waals surface area contributed by atoms with Gasteiger partial charge in [-0.15, -0.1) is 0 Å². The van der Waals surface area contributed by atoms with Gasteiger partial charge in [0.15, 0.2) is 0 Å². The number of hydrogen-bond donors (Lipinski definition) is 1. The Bertz CT molecular complexity index is 658. The fraction of sp³-hybridized carbons (Fsp3) is 0.696. The van der Waals surface area contributed by atoms with Crippen LogP contribution in [0, 0.1) is 5.92 Å². The molecule has 0 bridgehead atoms. The summed E-state index contributed by atoms with van der Waals surface area (Å²) in [7, 11) is 0. The van der Waals surface area contributed by atoms with Crippen molar-refractivity contribution in [3.05, 3.63) is 24.3 Å². The lowest BCUT2D eigenvalue weighted by Gasteiger charge is -2.44. The SMILES string of the molecule is C[C@H]1CCCN(CCCOc2ccc(N3CCC4(CC3)CNC(=O)CO4)cc2)C1. The molecule has 6 heteroatoms. The summed E-state index contributed by atoms with van der Waals surface area (Å²) < 4.78 is 11.8. The van der Waals surface area contributed by atoms with Gasteiger partial charge in [-0.25, -0.2) is 0 Å². The molecule has 3 fully saturated rings. The number of hydrogen-bond acceptors (Lipinski definition) is 5. The summed E-state index contributed by atoms with van der Waals surface area (Å²) in [6.07, 6.45) is 5.68. The number of ether oxygens (including phenoxy) is 2. The molecule has 6 nitrogen and oxygen atoms in total. The topological polar surface area (TPSA) is 54.0 Å². The zero-order valence-electron chi connectivity index (χ0n) is 17.7. The molecule has 1 amide bonds. The monoisotopic (exact) mass is 401 g/mol. The highest BCUT2D eigenvalue weighted by molar-refractivity contribution is 5.78. The smallest absolute Gasteiger partial charge is 0.246 e. The highest BCUT2D eigenvalue weighted by Gasteiger charge is 2.38. The van der Waals surface area contributed by atoms with E-state index in [0.29, 0.717) is 6.54 Å². The second-order valence-corrected chi connectivity index (χ2v) is 8.98. The van der Waals surface area contributed by atoms with Gasteiger partial charge in [-0.05, 0) is 68.8 Å². The quantitative estimate of drug-likeness (QED) is 0.743. The molecule has 3 saturated heterocycles. The molecule has 0 saturated carbocycles. The van der Waals surface area contributed by atoms with E-state index in [1.165, 1.54) is 31.6 Å². The Kier molecular flexibility index (Phi) is 6.60. The maximum absolute atomic E-state index is 11.3. The zero-order chi connectivity index (χ0) is 20.1. The van der Waals surface area contributed by atoms with Gasteiger partial charge in [0.2, 0.25) is 5.91 Å². The summed E-state index contributed by atoms with van der Waals surface area (Å²) in [5, 5.41) is 2.95. The Morgan fingerprint density at radius 1 is 1.21 bits per heavy atom. The Labute approximate surface area is 174 Å². The average molecular weight is 402 g/mol. The lowest BCUT2D eigenvalue weighted by Crippen LogP contribution is -2.57. The summed E-state index contributed by atoms with van der Waals surface area (Å²) in [6.45, 7) is 9.49. The van der Waals surface area contributed by atoms with Crippen molar-refractivity contribution in [2.45, 2.75) is 44.6 Å². The first-order valence-electron chi connectivity index (χ1n) is 11.2. The first-order valence-corrected chi connectivity index (χ1v) is 11.2. The molecule has 1 atom stereocenters. The molecule has 3 heterocycles. The van der Waals surface area contributed by atoms with Gasteiger partial charge < -0.3 is 24.6 Å². The number of nitrogens with zero attached hydrogens (tertiary/aromatic N) is 2. The normalized spacial score (nSPS) is 25.1. The molecule has 160 valence electrons. The van der Waals surface area contributed by atoms with E-state index in [1.807, 2.05) is 0 Å². The molecule has 29 heavy (non-hydrogen) atoms. The van der Waals surface area contributed by atoms with Gasteiger partial charge in [-0.2, -0.15) is 0 Å². The van der Waals surface area contributed by atoms with Crippen LogP contribution in [0.3, 0.4) is 0 Å². The molecule has 0 unspecified atom stereocenters. The van der Waals surface area contributed by atoms with E-state index in [0.717, 1.165) is 57.2 Å². The number of nitrogens with one attached hydrogen (secondary N) is 1. The number of benzene rings is 1. The number of likely N-dealkylation sites (tertiary alicyclic amines) is 1. The molecule has 4 rings (SSSR count). The second-order valence-electron chi connectivity index (χ2n) is 8.98. The molecule has 3 aliphatic heterocycles. The third-order valence-corrected chi connectivity index (χ3v) is 6.62. The Balaban J connectivity index is 1.18. The van der Waals surface area contributed by atoms with Gasteiger partial charge in [0.25, 0.3) is 0 Å². The van der Waals surface area contributed by atoms with Gasteiger partial charge in [0.05, 0.1) is 12.2 Å². The second kappa shape index (κ2) is 9.35. The van der Waals surface area contributed by atoms with E-state index in [4.69, 9.17) is 9.47 Å².